The average Bonchev–Trinajstić information content (AvgIpc) is 2.85. The number of nitrogens with one attached hydrogen (secondary N) is 1. The minimum absolute atomic E-state index is 0.113. The summed E-state index contributed by atoms with van der Waals surface area (Å²) >= 11 is 0. The van der Waals surface area contributed by atoms with E-state index in [2.05, 4.69) is 11.9 Å². The lowest BCUT2D eigenvalue weighted by molar-refractivity contribution is -0.119. The molecule has 2 heterocycles. The maximum atomic E-state index is 12.5. The Bertz CT molecular complexity index is 570. The van der Waals surface area contributed by atoms with E-state index in [0.29, 0.717) is 30.8 Å². The third-order valence-electron chi connectivity index (χ3n) is 3.69. The highest BCUT2D eigenvalue weighted by Crippen LogP contribution is 2.29. The SMILES string of the molecule is C=CCO[C@@H]1C[C@H]2C(=O)Nc3ccccc3C(=O)N2C1. The van der Waals surface area contributed by atoms with Crippen molar-refractivity contribution >= 4 is 17.5 Å². The number of para-hydroxylation sites is 1. The Morgan fingerprint density at radius 1 is 1.40 bits per heavy atom. The molecule has 5 nitrogen and oxygen atoms in total. The van der Waals surface area contributed by atoms with E-state index in [9.17, 15) is 9.59 Å². The maximum absolute atomic E-state index is 12.5. The zero-order chi connectivity index (χ0) is 14.1. The van der Waals surface area contributed by atoms with E-state index >= 15 is 0 Å². The standard InChI is InChI=1S/C15H16N2O3/c1-2-7-20-10-8-13-14(18)16-12-6-4-3-5-11(12)15(19)17(13)9-10/h2-6,10,13H,1,7-9H2,(H,16,18)/t10-,13+/m1/s1. The molecular formula is C15H16N2O3. The number of hydrogen-bond acceptors (Lipinski definition) is 3. The van der Waals surface area contributed by atoms with Gasteiger partial charge >= 0.3 is 0 Å². The van der Waals surface area contributed by atoms with E-state index in [4.69, 9.17) is 4.74 Å². The molecule has 2 amide bonds. The van der Waals surface area contributed by atoms with E-state index in [-0.39, 0.29) is 17.9 Å². The van der Waals surface area contributed by atoms with Gasteiger partial charge < -0.3 is 15.0 Å². The molecule has 0 saturated carbocycles. The van der Waals surface area contributed by atoms with Crippen LogP contribution in [0.5, 0.6) is 0 Å². The van der Waals surface area contributed by atoms with Gasteiger partial charge in [0.05, 0.1) is 24.0 Å². The molecule has 2 aliphatic rings. The molecule has 0 spiro atoms. The third-order valence-corrected chi connectivity index (χ3v) is 3.69. The molecule has 2 aliphatic heterocycles. The van der Waals surface area contributed by atoms with Gasteiger partial charge in [-0.1, -0.05) is 18.2 Å². The van der Waals surface area contributed by atoms with Crippen molar-refractivity contribution < 1.29 is 14.3 Å². The number of amides is 2. The molecule has 0 unspecified atom stereocenters. The molecule has 2 atom stereocenters. The summed E-state index contributed by atoms with van der Waals surface area (Å²) in [5.74, 6) is -0.262. The third kappa shape index (κ3) is 2.10. The molecule has 104 valence electrons. The van der Waals surface area contributed by atoms with Crippen LogP contribution < -0.4 is 5.32 Å². The van der Waals surface area contributed by atoms with Gasteiger partial charge in [0.2, 0.25) is 5.91 Å². The number of fused-ring (bicyclic) bond motifs is 2. The topological polar surface area (TPSA) is 58.6 Å². The van der Waals surface area contributed by atoms with Crippen LogP contribution in [0.3, 0.4) is 0 Å². The molecule has 0 aliphatic carbocycles. The Kier molecular flexibility index (Phi) is 3.28. The second-order valence-electron chi connectivity index (χ2n) is 4.99. The first-order chi connectivity index (χ1) is 9.70. The number of ether oxygens (including phenoxy) is 1. The van der Waals surface area contributed by atoms with Crippen LogP contribution in [0.1, 0.15) is 16.8 Å². The smallest absolute Gasteiger partial charge is 0.256 e. The van der Waals surface area contributed by atoms with Crippen LogP contribution >= 0.6 is 0 Å². The highest BCUT2D eigenvalue weighted by molar-refractivity contribution is 6.10. The molecule has 1 saturated heterocycles. The first-order valence-electron chi connectivity index (χ1n) is 6.64. The van der Waals surface area contributed by atoms with E-state index < -0.39 is 6.04 Å². The number of carbonyl (C=O) groups is 2. The van der Waals surface area contributed by atoms with Gasteiger partial charge in [-0.2, -0.15) is 0 Å². The van der Waals surface area contributed by atoms with Gasteiger partial charge in [0.25, 0.3) is 5.91 Å². The fourth-order valence-electron chi connectivity index (χ4n) is 2.74. The predicted octanol–water partition coefficient (Wildman–Crippen LogP) is 1.42. The molecule has 1 aromatic rings. The summed E-state index contributed by atoms with van der Waals surface area (Å²) in [5, 5.41) is 2.82. The van der Waals surface area contributed by atoms with Gasteiger partial charge in [0, 0.05) is 13.0 Å². The fourth-order valence-corrected chi connectivity index (χ4v) is 2.74. The highest BCUT2D eigenvalue weighted by Gasteiger charge is 2.42. The number of anilines is 1. The van der Waals surface area contributed by atoms with Gasteiger partial charge in [0.1, 0.15) is 6.04 Å². The highest BCUT2D eigenvalue weighted by atomic mass is 16.5. The van der Waals surface area contributed by atoms with Gasteiger partial charge in [-0.25, -0.2) is 0 Å². The van der Waals surface area contributed by atoms with Crippen LogP contribution in [0.4, 0.5) is 5.69 Å². The summed E-state index contributed by atoms with van der Waals surface area (Å²) in [6, 6.07) is 6.63. The summed E-state index contributed by atoms with van der Waals surface area (Å²) in [5.41, 5.74) is 1.12. The second kappa shape index (κ2) is 5.09. The molecule has 20 heavy (non-hydrogen) atoms. The summed E-state index contributed by atoms with van der Waals surface area (Å²) in [6.45, 7) is 4.47. The lowest BCUT2D eigenvalue weighted by atomic mass is 10.1. The van der Waals surface area contributed by atoms with Crippen molar-refractivity contribution in [2.45, 2.75) is 18.6 Å². The van der Waals surface area contributed by atoms with E-state index in [1.807, 2.05) is 0 Å². The molecule has 0 aromatic heterocycles. The fraction of sp³-hybridized carbons (Fsp3) is 0.333. The molecule has 1 N–H and O–H groups in total. The van der Waals surface area contributed by atoms with Crippen LogP contribution in [0, 0.1) is 0 Å². The van der Waals surface area contributed by atoms with Crippen LogP contribution in [0.25, 0.3) is 0 Å². The summed E-state index contributed by atoms with van der Waals surface area (Å²) in [7, 11) is 0. The number of nitrogens with zero attached hydrogens (tertiary/aromatic N) is 1. The Morgan fingerprint density at radius 3 is 3.00 bits per heavy atom. The second-order valence-corrected chi connectivity index (χ2v) is 4.99. The molecule has 1 fully saturated rings. The predicted molar refractivity (Wildman–Crippen MR) is 74.5 cm³/mol. The molecule has 1 aromatic carbocycles. The summed E-state index contributed by atoms with van der Waals surface area (Å²) in [4.78, 5) is 26.4. The molecule has 0 bridgehead atoms. The van der Waals surface area contributed by atoms with Crippen molar-refractivity contribution in [3.63, 3.8) is 0 Å². The quantitative estimate of drug-likeness (QED) is 0.847. The largest absolute Gasteiger partial charge is 0.372 e. The van der Waals surface area contributed by atoms with E-state index in [1.54, 1.807) is 35.2 Å². The molecule has 3 rings (SSSR count). The van der Waals surface area contributed by atoms with Crippen molar-refractivity contribution in [2.75, 3.05) is 18.5 Å². The summed E-state index contributed by atoms with van der Waals surface area (Å²) in [6.07, 6.45) is 2.08. The van der Waals surface area contributed by atoms with Crippen molar-refractivity contribution in [1.82, 2.24) is 4.90 Å². The first kappa shape index (κ1) is 12.9. The average molecular weight is 272 g/mol. The number of benzene rings is 1. The lowest BCUT2D eigenvalue weighted by Gasteiger charge is -2.19. The monoisotopic (exact) mass is 272 g/mol. The minimum atomic E-state index is -0.454. The van der Waals surface area contributed by atoms with Crippen LogP contribution in [-0.4, -0.2) is 42.0 Å². The Morgan fingerprint density at radius 2 is 2.20 bits per heavy atom. The van der Waals surface area contributed by atoms with Crippen molar-refractivity contribution in [1.29, 1.82) is 0 Å². The zero-order valence-corrected chi connectivity index (χ0v) is 11.0. The number of carbonyl (C=O) groups excluding carboxylic acids is 2. The van der Waals surface area contributed by atoms with Crippen molar-refractivity contribution in [3.8, 4) is 0 Å². The van der Waals surface area contributed by atoms with E-state index in [0.717, 1.165) is 0 Å². The Hall–Kier alpha value is -2.14. The maximum Gasteiger partial charge on any atom is 0.256 e. The zero-order valence-electron chi connectivity index (χ0n) is 11.0. The first-order valence-corrected chi connectivity index (χ1v) is 6.64. The lowest BCUT2D eigenvalue weighted by Crippen LogP contribution is -2.40. The Labute approximate surface area is 117 Å². The van der Waals surface area contributed by atoms with Gasteiger partial charge in [-0.05, 0) is 12.1 Å². The van der Waals surface area contributed by atoms with Crippen LogP contribution in [0.15, 0.2) is 36.9 Å². The van der Waals surface area contributed by atoms with Crippen LogP contribution in [-0.2, 0) is 9.53 Å². The normalized spacial score (nSPS) is 24.7. The van der Waals surface area contributed by atoms with Gasteiger partial charge in [-0.3, -0.25) is 9.59 Å². The summed E-state index contributed by atoms with van der Waals surface area (Å²) < 4.78 is 5.58. The number of hydrogen-bond donors (Lipinski definition) is 1. The Balaban J connectivity index is 1.88. The minimum Gasteiger partial charge on any atom is -0.372 e. The van der Waals surface area contributed by atoms with Gasteiger partial charge in [-0.15, -0.1) is 6.58 Å². The van der Waals surface area contributed by atoms with E-state index in [1.165, 1.54) is 0 Å². The molecule has 0 radical (unpaired) electrons. The number of rotatable bonds is 3. The van der Waals surface area contributed by atoms with Crippen LogP contribution in [0.2, 0.25) is 0 Å². The van der Waals surface area contributed by atoms with Crippen molar-refractivity contribution in [2.24, 2.45) is 0 Å². The molecular weight excluding hydrogens is 256 g/mol. The van der Waals surface area contributed by atoms with Gasteiger partial charge in [0.15, 0.2) is 0 Å². The van der Waals surface area contributed by atoms with Crippen molar-refractivity contribution in [3.05, 3.63) is 42.5 Å². The molecule has 5 heteroatoms.